The minimum Gasteiger partial charge on any atom is -0.310 e. The number of halogens is 1. The molecule has 0 spiro atoms. The fraction of sp³-hybridized carbons (Fsp3) is 0.625. The van der Waals surface area contributed by atoms with Crippen molar-refractivity contribution in [1.82, 2.24) is 5.32 Å². The zero-order valence-electron chi connectivity index (χ0n) is 12.1. The first-order valence-electron chi connectivity index (χ1n) is 6.86. The lowest BCUT2D eigenvalue weighted by molar-refractivity contribution is 0.486. The summed E-state index contributed by atoms with van der Waals surface area (Å²) in [5.41, 5.74) is 2.96. The maximum Gasteiger partial charge on any atom is 0.0238 e. The SMILES string of the molecule is CCC(CCCl)NCc1ccc(C(C)(C)C)cc1. The number of hydrogen-bond donors (Lipinski definition) is 1. The summed E-state index contributed by atoms with van der Waals surface area (Å²) in [6, 6.07) is 9.45. The predicted molar refractivity (Wildman–Crippen MR) is 81.4 cm³/mol. The molecule has 1 rings (SSSR count). The van der Waals surface area contributed by atoms with Crippen molar-refractivity contribution in [3.8, 4) is 0 Å². The van der Waals surface area contributed by atoms with Crippen LogP contribution in [0.2, 0.25) is 0 Å². The van der Waals surface area contributed by atoms with Gasteiger partial charge in [0.1, 0.15) is 0 Å². The highest BCUT2D eigenvalue weighted by atomic mass is 35.5. The van der Waals surface area contributed by atoms with E-state index in [2.05, 4.69) is 57.3 Å². The summed E-state index contributed by atoms with van der Waals surface area (Å²) in [6.07, 6.45) is 2.17. The van der Waals surface area contributed by atoms with Crippen LogP contribution in [0.3, 0.4) is 0 Å². The molecule has 0 radical (unpaired) electrons. The molecule has 1 unspecified atom stereocenters. The van der Waals surface area contributed by atoms with E-state index in [4.69, 9.17) is 11.6 Å². The standard InChI is InChI=1S/C16H26ClN/c1-5-15(10-11-17)18-12-13-6-8-14(9-7-13)16(2,3)4/h6-9,15,18H,5,10-12H2,1-4H3. The van der Waals surface area contributed by atoms with Crippen LogP contribution in [-0.2, 0) is 12.0 Å². The second-order valence-electron chi connectivity index (χ2n) is 5.91. The Kier molecular flexibility index (Phi) is 6.17. The minimum atomic E-state index is 0.233. The lowest BCUT2D eigenvalue weighted by Gasteiger charge is -2.20. The molecule has 0 heterocycles. The quantitative estimate of drug-likeness (QED) is 0.750. The lowest BCUT2D eigenvalue weighted by Crippen LogP contribution is -2.28. The molecule has 2 heteroatoms. The van der Waals surface area contributed by atoms with E-state index in [1.165, 1.54) is 11.1 Å². The summed E-state index contributed by atoms with van der Waals surface area (Å²) in [7, 11) is 0. The molecule has 102 valence electrons. The molecular weight excluding hydrogens is 242 g/mol. The molecule has 0 aliphatic heterocycles. The van der Waals surface area contributed by atoms with E-state index >= 15 is 0 Å². The summed E-state index contributed by atoms with van der Waals surface area (Å²) in [5, 5.41) is 3.56. The summed E-state index contributed by atoms with van der Waals surface area (Å²) in [5.74, 6) is 0.731. The first-order valence-corrected chi connectivity index (χ1v) is 7.39. The number of nitrogens with one attached hydrogen (secondary N) is 1. The third-order valence-corrected chi connectivity index (χ3v) is 3.58. The molecule has 0 saturated heterocycles. The Morgan fingerprint density at radius 3 is 2.22 bits per heavy atom. The number of alkyl halides is 1. The largest absolute Gasteiger partial charge is 0.310 e. The Labute approximate surface area is 117 Å². The van der Waals surface area contributed by atoms with Crippen molar-refractivity contribution in [1.29, 1.82) is 0 Å². The highest BCUT2D eigenvalue weighted by molar-refractivity contribution is 6.17. The van der Waals surface area contributed by atoms with Gasteiger partial charge in [0.25, 0.3) is 0 Å². The molecule has 0 saturated carbocycles. The second-order valence-corrected chi connectivity index (χ2v) is 6.29. The van der Waals surface area contributed by atoms with E-state index < -0.39 is 0 Å². The van der Waals surface area contributed by atoms with Crippen molar-refractivity contribution in [2.24, 2.45) is 0 Å². The van der Waals surface area contributed by atoms with Crippen molar-refractivity contribution in [3.63, 3.8) is 0 Å². The smallest absolute Gasteiger partial charge is 0.0238 e. The van der Waals surface area contributed by atoms with Crippen LogP contribution in [0.1, 0.15) is 51.7 Å². The fourth-order valence-electron chi connectivity index (χ4n) is 1.97. The van der Waals surface area contributed by atoms with Gasteiger partial charge >= 0.3 is 0 Å². The van der Waals surface area contributed by atoms with Gasteiger partial charge in [0, 0.05) is 18.5 Å². The Bertz CT molecular complexity index is 337. The number of benzene rings is 1. The average Bonchev–Trinajstić information content (AvgIpc) is 2.34. The van der Waals surface area contributed by atoms with Crippen LogP contribution in [0.15, 0.2) is 24.3 Å². The van der Waals surface area contributed by atoms with Gasteiger partial charge in [0.15, 0.2) is 0 Å². The molecular formula is C16H26ClN. The molecule has 18 heavy (non-hydrogen) atoms. The van der Waals surface area contributed by atoms with Gasteiger partial charge in [-0.3, -0.25) is 0 Å². The minimum absolute atomic E-state index is 0.233. The molecule has 1 nitrogen and oxygen atoms in total. The average molecular weight is 268 g/mol. The van der Waals surface area contributed by atoms with Crippen LogP contribution in [0, 0.1) is 0 Å². The van der Waals surface area contributed by atoms with Gasteiger partial charge in [-0.05, 0) is 29.4 Å². The van der Waals surface area contributed by atoms with Gasteiger partial charge in [0.05, 0.1) is 0 Å². The third kappa shape index (κ3) is 4.99. The molecule has 0 amide bonds. The fourth-order valence-corrected chi connectivity index (χ4v) is 2.23. The summed E-state index contributed by atoms with van der Waals surface area (Å²) >= 11 is 5.79. The first kappa shape index (κ1) is 15.5. The molecule has 0 aliphatic carbocycles. The van der Waals surface area contributed by atoms with Crippen molar-refractivity contribution >= 4 is 11.6 Å². The van der Waals surface area contributed by atoms with Gasteiger partial charge in [-0.1, -0.05) is 52.0 Å². The van der Waals surface area contributed by atoms with Crippen LogP contribution in [0.25, 0.3) is 0 Å². The van der Waals surface area contributed by atoms with Gasteiger partial charge in [-0.2, -0.15) is 0 Å². The molecule has 0 aliphatic rings. The van der Waals surface area contributed by atoms with Crippen molar-refractivity contribution < 1.29 is 0 Å². The molecule has 1 aromatic carbocycles. The number of hydrogen-bond acceptors (Lipinski definition) is 1. The van der Waals surface area contributed by atoms with Crippen LogP contribution < -0.4 is 5.32 Å². The van der Waals surface area contributed by atoms with E-state index in [1.54, 1.807) is 0 Å². The van der Waals surface area contributed by atoms with Gasteiger partial charge < -0.3 is 5.32 Å². The van der Waals surface area contributed by atoms with Crippen molar-refractivity contribution in [2.75, 3.05) is 5.88 Å². The zero-order chi connectivity index (χ0) is 13.6. The van der Waals surface area contributed by atoms with Crippen LogP contribution in [0.4, 0.5) is 0 Å². The second kappa shape index (κ2) is 7.16. The van der Waals surface area contributed by atoms with Crippen LogP contribution >= 0.6 is 11.6 Å². The van der Waals surface area contributed by atoms with E-state index in [1.807, 2.05) is 0 Å². The molecule has 1 atom stereocenters. The molecule has 1 aromatic rings. The van der Waals surface area contributed by atoms with Crippen LogP contribution in [-0.4, -0.2) is 11.9 Å². The highest BCUT2D eigenvalue weighted by Gasteiger charge is 2.12. The predicted octanol–water partition coefficient (Wildman–Crippen LogP) is 4.48. The Morgan fingerprint density at radius 2 is 1.78 bits per heavy atom. The third-order valence-electron chi connectivity index (χ3n) is 3.37. The zero-order valence-corrected chi connectivity index (χ0v) is 12.8. The number of rotatable bonds is 6. The first-order chi connectivity index (χ1) is 8.47. The molecule has 0 bridgehead atoms. The molecule has 0 aromatic heterocycles. The van der Waals surface area contributed by atoms with E-state index in [-0.39, 0.29) is 5.41 Å². The van der Waals surface area contributed by atoms with Crippen molar-refractivity contribution in [3.05, 3.63) is 35.4 Å². The molecule has 0 fully saturated rings. The normalized spacial score (nSPS) is 13.6. The lowest BCUT2D eigenvalue weighted by atomic mass is 9.87. The van der Waals surface area contributed by atoms with Crippen LogP contribution in [0.5, 0.6) is 0 Å². The van der Waals surface area contributed by atoms with E-state index in [9.17, 15) is 0 Å². The van der Waals surface area contributed by atoms with Gasteiger partial charge in [-0.25, -0.2) is 0 Å². The Balaban J connectivity index is 2.53. The summed E-state index contributed by atoms with van der Waals surface area (Å²) < 4.78 is 0. The monoisotopic (exact) mass is 267 g/mol. The Morgan fingerprint density at radius 1 is 1.17 bits per heavy atom. The molecule has 1 N–H and O–H groups in total. The topological polar surface area (TPSA) is 12.0 Å². The summed E-state index contributed by atoms with van der Waals surface area (Å²) in [4.78, 5) is 0. The van der Waals surface area contributed by atoms with Gasteiger partial charge in [-0.15, -0.1) is 11.6 Å². The van der Waals surface area contributed by atoms with E-state index in [0.717, 1.165) is 25.3 Å². The van der Waals surface area contributed by atoms with Gasteiger partial charge in [0.2, 0.25) is 0 Å². The maximum absolute atomic E-state index is 5.79. The highest BCUT2D eigenvalue weighted by Crippen LogP contribution is 2.22. The maximum atomic E-state index is 5.79. The van der Waals surface area contributed by atoms with Crippen molar-refractivity contribution in [2.45, 2.75) is 58.5 Å². The summed E-state index contributed by atoms with van der Waals surface area (Å²) in [6.45, 7) is 9.86. The Hall–Kier alpha value is -0.530. The van der Waals surface area contributed by atoms with E-state index in [0.29, 0.717) is 6.04 Å².